The summed E-state index contributed by atoms with van der Waals surface area (Å²) in [6.45, 7) is 2.10. The Morgan fingerprint density at radius 1 is 1.06 bits per heavy atom. The van der Waals surface area contributed by atoms with Crippen molar-refractivity contribution < 1.29 is 24.2 Å². The molecule has 0 fully saturated rings. The molecule has 33 heavy (non-hydrogen) atoms. The average Bonchev–Trinajstić information content (AvgIpc) is 3.03. The summed E-state index contributed by atoms with van der Waals surface area (Å²) in [5.41, 5.74) is 7.25. The third-order valence-electron chi connectivity index (χ3n) is 6.04. The molecule has 5 rings (SSSR count). The first kappa shape index (κ1) is 20.6. The molecule has 2 heterocycles. The van der Waals surface area contributed by atoms with Gasteiger partial charge in [-0.05, 0) is 30.7 Å². The van der Waals surface area contributed by atoms with Crippen molar-refractivity contribution in [1.82, 2.24) is 0 Å². The van der Waals surface area contributed by atoms with Gasteiger partial charge in [0.25, 0.3) is 0 Å². The van der Waals surface area contributed by atoms with Gasteiger partial charge in [-0.3, -0.25) is 4.79 Å². The lowest BCUT2D eigenvalue weighted by atomic mass is 9.68. The quantitative estimate of drug-likeness (QED) is 0.601. The fourth-order valence-corrected chi connectivity index (χ4v) is 4.73. The Balaban J connectivity index is 1.80. The number of para-hydroxylation sites is 1. The van der Waals surface area contributed by atoms with Crippen molar-refractivity contribution in [3.63, 3.8) is 0 Å². The Kier molecular flexibility index (Phi) is 4.82. The largest absolute Gasteiger partial charge is 0.508 e. The zero-order valence-corrected chi connectivity index (χ0v) is 17.9. The Hall–Kier alpha value is -4.26. The molecule has 2 aliphatic rings. The predicted octanol–water partition coefficient (Wildman–Crippen LogP) is 3.35. The number of amides is 1. The number of nitrogens with zero attached hydrogens (tertiary/aromatic N) is 1. The number of phenolic OH excluding ortho intramolecular Hbond substituents is 1. The Bertz CT molecular complexity index is 1300. The van der Waals surface area contributed by atoms with E-state index in [-0.39, 0.29) is 35.5 Å². The summed E-state index contributed by atoms with van der Waals surface area (Å²) < 4.78 is 11.0. The molecule has 0 aromatic heterocycles. The molecule has 0 saturated heterocycles. The van der Waals surface area contributed by atoms with Gasteiger partial charge in [-0.15, -0.1) is 0 Å². The summed E-state index contributed by atoms with van der Waals surface area (Å²) in [6.07, 6.45) is 0. The molecule has 0 saturated carbocycles. The number of rotatable bonds is 4. The fourth-order valence-electron chi connectivity index (χ4n) is 4.73. The average molecular weight is 442 g/mol. The molecule has 7 nitrogen and oxygen atoms in total. The Morgan fingerprint density at radius 2 is 1.79 bits per heavy atom. The van der Waals surface area contributed by atoms with E-state index >= 15 is 0 Å². The second-order valence-electron chi connectivity index (χ2n) is 7.89. The molecule has 3 aromatic rings. The van der Waals surface area contributed by atoms with Crippen molar-refractivity contribution >= 4 is 17.6 Å². The van der Waals surface area contributed by atoms with Gasteiger partial charge in [0.2, 0.25) is 11.8 Å². The summed E-state index contributed by atoms with van der Waals surface area (Å²) in [5, 5.41) is 10.0. The zero-order chi connectivity index (χ0) is 23.2. The number of carbonyl (C=O) groups is 2. The maximum absolute atomic E-state index is 14.4. The van der Waals surface area contributed by atoms with Gasteiger partial charge in [0, 0.05) is 22.9 Å². The van der Waals surface area contributed by atoms with Crippen LogP contribution >= 0.6 is 0 Å². The SMILES string of the molecule is CCOC(=O)C1=C(N)Oc2cc(O)ccc2C12C(=O)N(Cc1ccccc1)c1ccccc12. The van der Waals surface area contributed by atoms with E-state index in [1.165, 1.54) is 12.1 Å². The first-order valence-corrected chi connectivity index (χ1v) is 10.6. The van der Waals surface area contributed by atoms with Gasteiger partial charge >= 0.3 is 5.97 Å². The molecule has 166 valence electrons. The number of ether oxygens (including phenoxy) is 2. The van der Waals surface area contributed by atoms with Gasteiger partial charge in [-0.25, -0.2) is 4.79 Å². The summed E-state index contributed by atoms with van der Waals surface area (Å²) in [6, 6.07) is 21.4. The van der Waals surface area contributed by atoms with Gasteiger partial charge in [0.15, 0.2) is 0 Å². The maximum Gasteiger partial charge on any atom is 0.341 e. The van der Waals surface area contributed by atoms with Crippen molar-refractivity contribution in [3.8, 4) is 11.5 Å². The van der Waals surface area contributed by atoms with Crippen molar-refractivity contribution in [3.05, 3.63) is 101 Å². The van der Waals surface area contributed by atoms with Gasteiger partial charge in [-0.2, -0.15) is 0 Å². The standard InChI is InChI=1S/C26H22N2O5/c1-2-32-24(30)22-23(27)33-21-14-17(29)12-13-19(21)26(22)18-10-6-7-11-20(18)28(25(26)31)15-16-8-4-3-5-9-16/h3-14,29H,2,15,27H2,1H3. The number of hydrogen-bond acceptors (Lipinski definition) is 6. The number of nitrogens with two attached hydrogens (primary N) is 1. The Labute approximate surface area is 190 Å². The van der Waals surface area contributed by atoms with E-state index in [4.69, 9.17) is 15.2 Å². The molecule has 0 radical (unpaired) electrons. The van der Waals surface area contributed by atoms with Crippen LogP contribution in [0.5, 0.6) is 11.5 Å². The smallest absolute Gasteiger partial charge is 0.341 e. The molecule has 1 unspecified atom stereocenters. The van der Waals surface area contributed by atoms with E-state index in [2.05, 4.69) is 0 Å². The summed E-state index contributed by atoms with van der Waals surface area (Å²) in [5.74, 6) is -1.12. The van der Waals surface area contributed by atoms with Crippen LogP contribution in [0.1, 0.15) is 23.6 Å². The predicted molar refractivity (Wildman–Crippen MR) is 121 cm³/mol. The zero-order valence-electron chi connectivity index (χ0n) is 17.9. The highest BCUT2D eigenvalue weighted by molar-refractivity contribution is 6.18. The van der Waals surface area contributed by atoms with Crippen LogP contribution < -0.4 is 15.4 Å². The van der Waals surface area contributed by atoms with E-state index in [0.29, 0.717) is 23.4 Å². The second-order valence-corrected chi connectivity index (χ2v) is 7.89. The molecule has 1 atom stereocenters. The van der Waals surface area contributed by atoms with Crippen molar-refractivity contribution in [2.75, 3.05) is 11.5 Å². The summed E-state index contributed by atoms with van der Waals surface area (Å²) in [7, 11) is 0. The topological polar surface area (TPSA) is 102 Å². The number of carbonyl (C=O) groups excluding carboxylic acids is 2. The first-order chi connectivity index (χ1) is 16.0. The number of benzene rings is 3. The van der Waals surface area contributed by atoms with Gasteiger partial charge < -0.3 is 25.2 Å². The monoisotopic (exact) mass is 442 g/mol. The van der Waals surface area contributed by atoms with Crippen molar-refractivity contribution in [1.29, 1.82) is 0 Å². The summed E-state index contributed by atoms with van der Waals surface area (Å²) in [4.78, 5) is 29.2. The van der Waals surface area contributed by atoms with Crippen LogP contribution in [0.2, 0.25) is 0 Å². The minimum atomic E-state index is -1.57. The van der Waals surface area contributed by atoms with E-state index < -0.39 is 11.4 Å². The number of hydrogen-bond donors (Lipinski definition) is 2. The molecule has 0 aliphatic carbocycles. The molecular weight excluding hydrogens is 420 g/mol. The Morgan fingerprint density at radius 3 is 2.55 bits per heavy atom. The van der Waals surface area contributed by atoms with Crippen LogP contribution in [0.3, 0.4) is 0 Å². The lowest BCUT2D eigenvalue weighted by Gasteiger charge is -2.36. The minimum absolute atomic E-state index is 0.0452. The molecule has 1 amide bonds. The number of phenols is 1. The summed E-state index contributed by atoms with van der Waals surface area (Å²) >= 11 is 0. The van der Waals surface area contributed by atoms with E-state index in [0.717, 1.165) is 5.56 Å². The number of esters is 1. The first-order valence-electron chi connectivity index (χ1n) is 10.6. The molecule has 3 N–H and O–H groups in total. The minimum Gasteiger partial charge on any atom is -0.508 e. The molecular formula is C26H22N2O5. The lowest BCUT2D eigenvalue weighted by molar-refractivity contribution is -0.140. The van der Waals surface area contributed by atoms with Crippen LogP contribution in [0, 0.1) is 0 Å². The molecule has 2 aliphatic heterocycles. The molecule has 1 spiro atoms. The van der Waals surface area contributed by atoms with Gasteiger partial charge in [-0.1, -0.05) is 48.5 Å². The van der Waals surface area contributed by atoms with Crippen LogP contribution in [0.25, 0.3) is 0 Å². The van der Waals surface area contributed by atoms with Crippen molar-refractivity contribution in [2.45, 2.75) is 18.9 Å². The molecule has 0 bridgehead atoms. The maximum atomic E-state index is 14.4. The second kappa shape index (κ2) is 7.70. The third kappa shape index (κ3) is 2.96. The number of aromatic hydroxyl groups is 1. The highest BCUT2D eigenvalue weighted by Crippen LogP contribution is 2.56. The third-order valence-corrected chi connectivity index (χ3v) is 6.04. The van der Waals surface area contributed by atoms with E-state index in [1.54, 1.807) is 17.9 Å². The molecule has 7 heteroatoms. The normalized spacial score (nSPS) is 18.7. The van der Waals surface area contributed by atoms with E-state index in [9.17, 15) is 14.7 Å². The van der Waals surface area contributed by atoms with Crippen LogP contribution in [-0.4, -0.2) is 23.6 Å². The fraction of sp³-hybridized carbons (Fsp3) is 0.154. The lowest BCUT2D eigenvalue weighted by Crippen LogP contribution is -2.48. The van der Waals surface area contributed by atoms with Crippen LogP contribution in [0.15, 0.2) is 84.3 Å². The van der Waals surface area contributed by atoms with Crippen LogP contribution in [-0.2, 0) is 26.3 Å². The number of anilines is 1. The molecule has 3 aromatic carbocycles. The number of fused-ring (bicyclic) bond motifs is 4. The highest BCUT2D eigenvalue weighted by atomic mass is 16.5. The van der Waals surface area contributed by atoms with Crippen molar-refractivity contribution in [2.24, 2.45) is 5.73 Å². The van der Waals surface area contributed by atoms with Gasteiger partial charge in [0.1, 0.15) is 22.5 Å². The van der Waals surface area contributed by atoms with Crippen LogP contribution in [0.4, 0.5) is 5.69 Å². The van der Waals surface area contributed by atoms with Gasteiger partial charge in [0.05, 0.1) is 13.2 Å². The highest BCUT2D eigenvalue weighted by Gasteiger charge is 2.61. The van der Waals surface area contributed by atoms with E-state index in [1.807, 2.05) is 54.6 Å².